The van der Waals surface area contributed by atoms with Crippen LogP contribution in [0.5, 0.6) is 0 Å². The Kier molecular flexibility index (Phi) is 8.14. The van der Waals surface area contributed by atoms with Gasteiger partial charge in [0.25, 0.3) is 0 Å². The molecule has 5 heteroatoms. The summed E-state index contributed by atoms with van der Waals surface area (Å²) in [6.45, 7) is 6.28. The van der Waals surface area contributed by atoms with Gasteiger partial charge in [0.2, 0.25) is 0 Å². The maximum Gasteiger partial charge on any atom is 0.161 e. The van der Waals surface area contributed by atoms with Crippen LogP contribution in [-0.4, -0.2) is 53.1 Å². The van der Waals surface area contributed by atoms with Gasteiger partial charge in [-0.3, -0.25) is 0 Å². The molecule has 3 N–H and O–H groups in total. The van der Waals surface area contributed by atoms with Crippen LogP contribution in [0.3, 0.4) is 0 Å². The number of hydrogen-bond donors (Lipinski definition) is 3. The van der Waals surface area contributed by atoms with Gasteiger partial charge in [0.1, 0.15) is 12.2 Å². The van der Waals surface area contributed by atoms with Crippen molar-refractivity contribution in [2.75, 3.05) is 13.2 Å². The van der Waals surface area contributed by atoms with Crippen LogP contribution in [0.15, 0.2) is 23.3 Å². The number of aliphatic hydroxyl groups is 3. The van der Waals surface area contributed by atoms with Gasteiger partial charge in [-0.15, -0.1) is 0 Å². The Morgan fingerprint density at radius 3 is 2.57 bits per heavy atom. The van der Waals surface area contributed by atoms with Crippen molar-refractivity contribution in [1.29, 1.82) is 0 Å². The highest BCUT2D eigenvalue weighted by molar-refractivity contribution is 5.02. The SMILES string of the molecule is CC(C)=CCC/C(C)=C/COC1C[C@@H](O)[C@H](O)[C@@H](CO)O1. The lowest BCUT2D eigenvalue weighted by molar-refractivity contribution is -0.253. The first kappa shape index (κ1) is 18.3. The first-order chi connectivity index (χ1) is 9.93. The van der Waals surface area contributed by atoms with Crippen LogP contribution in [0.1, 0.15) is 40.0 Å². The Hall–Kier alpha value is -0.720. The molecular formula is C16H28O5. The summed E-state index contributed by atoms with van der Waals surface area (Å²) in [6, 6.07) is 0. The molecule has 0 saturated carbocycles. The van der Waals surface area contributed by atoms with Crippen LogP contribution in [0, 0.1) is 0 Å². The molecule has 1 saturated heterocycles. The second-order valence-electron chi connectivity index (χ2n) is 5.78. The molecule has 1 aliphatic rings. The molecule has 0 aromatic rings. The van der Waals surface area contributed by atoms with E-state index in [4.69, 9.17) is 14.6 Å². The summed E-state index contributed by atoms with van der Waals surface area (Å²) in [4.78, 5) is 0. The van der Waals surface area contributed by atoms with E-state index in [9.17, 15) is 10.2 Å². The maximum absolute atomic E-state index is 9.68. The zero-order valence-electron chi connectivity index (χ0n) is 13.2. The van der Waals surface area contributed by atoms with Crippen LogP contribution < -0.4 is 0 Å². The first-order valence-electron chi connectivity index (χ1n) is 7.47. The summed E-state index contributed by atoms with van der Waals surface area (Å²) in [7, 11) is 0. The lowest BCUT2D eigenvalue weighted by Crippen LogP contribution is -2.50. The molecule has 0 aliphatic carbocycles. The van der Waals surface area contributed by atoms with Crippen LogP contribution in [0.25, 0.3) is 0 Å². The number of aliphatic hydroxyl groups excluding tert-OH is 3. The molecule has 0 spiro atoms. The van der Waals surface area contributed by atoms with Crippen molar-refractivity contribution in [3.63, 3.8) is 0 Å². The number of ether oxygens (including phenoxy) is 2. The minimum Gasteiger partial charge on any atom is -0.394 e. The fraction of sp³-hybridized carbons (Fsp3) is 0.750. The van der Waals surface area contributed by atoms with E-state index in [0.29, 0.717) is 6.61 Å². The fourth-order valence-electron chi connectivity index (χ4n) is 2.16. The van der Waals surface area contributed by atoms with Gasteiger partial charge in [0.15, 0.2) is 6.29 Å². The quantitative estimate of drug-likeness (QED) is 0.621. The van der Waals surface area contributed by atoms with Crippen molar-refractivity contribution in [2.45, 2.75) is 64.6 Å². The molecule has 21 heavy (non-hydrogen) atoms. The molecular weight excluding hydrogens is 272 g/mol. The summed E-state index contributed by atoms with van der Waals surface area (Å²) < 4.78 is 10.9. The Bertz CT molecular complexity index is 360. The van der Waals surface area contributed by atoms with E-state index < -0.39 is 24.6 Å². The topological polar surface area (TPSA) is 79.2 Å². The lowest BCUT2D eigenvalue weighted by atomic mass is 10.0. The third kappa shape index (κ3) is 6.72. The maximum atomic E-state index is 9.68. The molecule has 122 valence electrons. The smallest absolute Gasteiger partial charge is 0.161 e. The summed E-state index contributed by atoms with van der Waals surface area (Å²) in [5.74, 6) is 0. The highest BCUT2D eigenvalue weighted by Crippen LogP contribution is 2.21. The predicted molar refractivity (Wildman–Crippen MR) is 80.8 cm³/mol. The number of allylic oxidation sites excluding steroid dienone is 3. The second-order valence-corrected chi connectivity index (χ2v) is 5.78. The monoisotopic (exact) mass is 300 g/mol. The van der Waals surface area contributed by atoms with Gasteiger partial charge in [-0.2, -0.15) is 0 Å². The summed E-state index contributed by atoms with van der Waals surface area (Å²) in [6.07, 6.45) is 3.04. The average molecular weight is 300 g/mol. The van der Waals surface area contributed by atoms with E-state index in [0.717, 1.165) is 12.8 Å². The highest BCUT2D eigenvalue weighted by Gasteiger charge is 2.36. The van der Waals surface area contributed by atoms with E-state index in [1.165, 1.54) is 11.1 Å². The van der Waals surface area contributed by atoms with Gasteiger partial charge in [-0.25, -0.2) is 0 Å². The van der Waals surface area contributed by atoms with Crippen molar-refractivity contribution in [1.82, 2.24) is 0 Å². The Morgan fingerprint density at radius 1 is 1.24 bits per heavy atom. The molecule has 0 bridgehead atoms. The largest absolute Gasteiger partial charge is 0.394 e. The molecule has 1 fully saturated rings. The van der Waals surface area contributed by atoms with Gasteiger partial charge >= 0.3 is 0 Å². The third-order valence-electron chi connectivity index (χ3n) is 3.52. The zero-order valence-corrected chi connectivity index (χ0v) is 13.2. The third-order valence-corrected chi connectivity index (χ3v) is 3.52. The van der Waals surface area contributed by atoms with Gasteiger partial charge in [0, 0.05) is 6.42 Å². The van der Waals surface area contributed by atoms with E-state index in [2.05, 4.69) is 26.8 Å². The van der Waals surface area contributed by atoms with Crippen molar-refractivity contribution in [2.24, 2.45) is 0 Å². The van der Waals surface area contributed by atoms with Gasteiger partial charge in [-0.1, -0.05) is 23.3 Å². The number of rotatable bonds is 7. The molecule has 1 aliphatic heterocycles. The second kappa shape index (κ2) is 9.33. The molecule has 0 radical (unpaired) electrons. The Labute approximate surface area is 126 Å². The van der Waals surface area contributed by atoms with Gasteiger partial charge in [-0.05, 0) is 33.6 Å². The van der Waals surface area contributed by atoms with Gasteiger partial charge in [0.05, 0.1) is 19.3 Å². The highest BCUT2D eigenvalue weighted by atomic mass is 16.7. The van der Waals surface area contributed by atoms with Crippen LogP contribution >= 0.6 is 0 Å². The molecule has 1 rings (SSSR count). The summed E-state index contributed by atoms with van der Waals surface area (Å²) in [5.41, 5.74) is 2.56. The van der Waals surface area contributed by atoms with E-state index >= 15 is 0 Å². The molecule has 0 amide bonds. The summed E-state index contributed by atoms with van der Waals surface area (Å²) >= 11 is 0. The fourth-order valence-corrected chi connectivity index (χ4v) is 2.16. The van der Waals surface area contributed by atoms with Crippen molar-refractivity contribution >= 4 is 0 Å². The zero-order chi connectivity index (χ0) is 15.8. The molecule has 1 unspecified atom stereocenters. The Morgan fingerprint density at radius 2 is 1.95 bits per heavy atom. The minimum atomic E-state index is -1.06. The van der Waals surface area contributed by atoms with E-state index in [1.54, 1.807) is 0 Å². The van der Waals surface area contributed by atoms with Crippen molar-refractivity contribution in [3.8, 4) is 0 Å². The van der Waals surface area contributed by atoms with Crippen molar-refractivity contribution < 1.29 is 24.8 Å². The molecule has 5 nitrogen and oxygen atoms in total. The standard InChI is InChI=1S/C16H28O5/c1-11(2)5-4-6-12(3)7-8-20-15-9-13(18)16(19)14(10-17)21-15/h5,7,13-19H,4,6,8-10H2,1-3H3/b12-7+/t13-,14-,15?,16+/m1/s1. The Balaban J connectivity index is 2.32. The predicted octanol–water partition coefficient (Wildman–Crippen LogP) is 1.52. The van der Waals surface area contributed by atoms with Crippen molar-refractivity contribution in [3.05, 3.63) is 23.3 Å². The molecule has 1 heterocycles. The van der Waals surface area contributed by atoms with Gasteiger partial charge < -0.3 is 24.8 Å². The first-order valence-corrected chi connectivity index (χ1v) is 7.47. The van der Waals surface area contributed by atoms with Crippen LogP contribution in [-0.2, 0) is 9.47 Å². The minimum absolute atomic E-state index is 0.211. The normalized spacial score (nSPS) is 30.3. The molecule has 4 atom stereocenters. The lowest BCUT2D eigenvalue weighted by Gasteiger charge is -2.35. The molecule has 0 aromatic heterocycles. The average Bonchev–Trinajstić information content (AvgIpc) is 2.42. The molecule has 0 aromatic carbocycles. The van der Waals surface area contributed by atoms with E-state index in [-0.39, 0.29) is 13.0 Å². The van der Waals surface area contributed by atoms with Crippen LogP contribution in [0.4, 0.5) is 0 Å². The number of hydrogen-bond acceptors (Lipinski definition) is 5. The summed E-state index contributed by atoms with van der Waals surface area (Å²) in [5, 5.41) is 28.4. The van der Waals surface area contributed by atoms with E-state index in [1.807, 2.05) is 6.08 Å². The van der Waals surface area contributed by atoms with Crippen LogP contribution in [0.2, 0.25) is 0 Å².